The van der Waals surface area contributed by atoms with E-state index in [2.05, 4.69) is 5.48 Å². The van der Waals surface area contributed by atoms with E-state index >= 15 is 0 Å². The van der Waals surface area contributed by atoms with Crippen LogP contribution in [0.15, 0.2) is 36.5 Å². The summed E-state index contributed by atoms with van der Waals surface area (Å²) in [6, 6.07) is 10.6. The standard InChI is InChI=1S/C14H12ClN3O2/c1-2-20-17-14(19)13-10(9-16)6-7-18(13)12-5-3-4-11(15)8-12/h3-8H,2H2,1H3,(H,17,19). The summed E-state index contributed by atoms with van der Waals surface area (Å²) in [7, 11) is 0. The summed E-state index contributed by atoms with van der Waals surface area (Å²) in [6.07, 6.45) is 1.64. The van der Waals surface area contributed by atoms with E-state index in [0.717, 1.165) is 0 Å². The lowest BCUT2D eigenvalue weighted by Gasteiger charge is -2.10. The topological polar surface area (TPSA) is 67.0 Å². The van der Waals surface area contributed by atoms with Gasteiger partial charge in [-0.05, 0) is 31.2 Å². The van der Waals surface area contributed by atoms with Crippen molar-refractivity contribution in [1.29, 1.82) is 5.26 Å². The molecule has 1 N–H and O–H groups in total. The molecule has 2 rings (SSSR count). The number of rotatable bonds is 4. The van der Waals surface area contributed by atoms with Crippen molar-refractivity contribution in [3.05, 3.63) is 52.8 Å². The van der Waals surface area contributed by atoms with Gasteiger partial charge in [-0.15, -0.1) is 0 Å². The van der Waals surface area contributed by atoms with E-state index in [1.54, 1.807) is 48.0 Å². The Balaban J connectivity index is 2.47. The minimum absolute atomic E-state index is 0.211. The monoisotopic (exact) mass is 289 g/mol. The zero-order valence-corrected chi connectivity index (χ0v) is 11.5. The molecular formula is C14H12ClN3O2. The smallest absolute Gasteiger partial charge is 0.293 e. The Morgan fingerprint density at radius 3 is 2.95 bits per heavy atom. The summed E-state index contributed by atoms with van der Waals surface area (Å²) >= 11 is 5.95. The number of nitrogens with one attached hydrogen (secondary N) is 1. The predicted molar refractivity (Wildman–Crippen MR) is 74.6 cm³/mol. The average Bonchev–Trinajstić information content (AvgIpc) is 2.88. The van der Waals surface area contributed by atoms with Crippen molar-refractivity contribution in [2.75, 3.05) is 6.61 Å². The first-order chi connectivity index (χ1) is 9.67. The SMILES string of the molecule is CCONC(=O)c1c(C#N)ccn1-c1cccc(Cl)c1. The molecule has 0 bridgehead atoms. The van der Waals surface area contributed by atoms with Crippen molar-refractivity contribution in [1.82, 2.24) is 10.0 Å². The van der Waals surface area contributed by atoms with E-state index in [0.29, 0.717) is 17.3 Å². The van der Waals surface area contributed by atoms with Gasteiger partial charge < -0.3 is 4.57 Å². The Labute approximate surface area is 121 Å². The molecule has 102 valence electrons. The normalized spacial score (nSPS) is 10.1. The van der Waals surface area contributed by atoms with Crippen LogP contribution in [-0.4, -0.2) is 17.1 Å². The van der Waals surface area contributed by atoms with E-state index in [1.807, 2.05) is 6.07 Å². The van der Waals surface area contributed by atoms with Gasteiger partial charge in [0.05, 0.1) is 12.2 Å². The van der Waals surface area contributed by atoms with Crippen LogP contribution in [0.25, 0.3) is 5.69 Å². The van der Waals surface area contributed by atoms with Gasteiger partial charge in [0.25, 0.3) is 5.91 Å². The summed E-state index contributed by atoms with van der Waals surface area (Å²) in [6.45, 7) is 2.09. The lowest BCUT2D eigenvalue weighted by molar-refractivity contribution is 0.0358. The highest BCUT2D eigenvalue weighted by molar-refractivity contribution is 6.30. The van der Waals surface area contributed by atoms with Crippen molar-refractivity contribution in [2.45, 2.75) is 6.92 Å². The van der Waals surface area contributed by atoms with E-state index in [9.17, 15) is 4.79 Å². The Morgan fingerprint density at radius 2 is 2.30 bits per heavy atom. The fourth-order valence-electron chi connectivity index (χ4n) is 1.78. The number of aromatic nitrogens is 1. The van der Waals surface area contributed by atoms with Crippen LogP contribution < -0.4 is 5.48 Å². The second-order valence-electron chi connectivity index (χ2n) is 3.90. The van der Waals surface area contributed by atoms with Gasteiger partial charge in [0.1, 0.15) is 11.8 Å². The molecule has 1 heterocycles. The van der Waals surface area contributed by atoms with Crippen LogP contribution in [0.4, 0.5) is 0 Å². The van der Waals surface area contributed by atoms with Crippen LogP contribution in [-0.2, 0) is 4.84 Å². The summed E-state index contributed by atoms with van der Waals surface area (Å²) in [4.78, 5) is 17.0. The van der Waals surface area contributed by atoms with Crippen molar-refractivity contribution < 1.29 is 9.63 Å². The molecule has 0 atom stereocenters. The number of halogens is 1. The molecule has 0 aliphatic heterocycles. The van der Waals surface area contributed by atoms with Gasteiger partial charge in [0.2, 0.25) is 0 Å². The summed E-state index contributed by atoms with van der Waals surface area (Å²) in [5, 5.41) is 9.64. The van der Waals surface area contributed by atoms with E-state index in [-0.39, 0.29) is 11.3 Å². The van der Waals surface area contributed by atoms with Crippen LogP contribution in [0.3, 0.4) is 0 Å². The molecule has 5 nitrogen and oxygen atoms in total. The number of hydroxylamine groups is 1. The molecule has 0 unspecified atom stereocenters. The van der Waals surface area contributed by atoms with E-state index in [1.165, 1.54) is 0 Å². The van der Waals surface area contributed by atoms with E-state index in [4.69, 9.17) is 21.7 Å². The third-order valence-corrected chi connectivity index (χ3v) is 2.85. The lowest BCUT2D eigenvalue weighted by atomic mass is 10.2. The first-order valence-electron chi connectivity index (χ1n) is 5.97. The number of carbonyl (C=O) groups is 1. The Hall–Kier alpha value is -2.29. The predicted octanol–water partition coefficient (Wildman–Crippen LogP) is 2.68. The Bertz CT molecular complexity index is 673. The molecule has 0 fully saturated rings. The third-order valence-electron chi connectivity index (χ3n) is 2.62. The van der Waals surface area contributed by atoms with Crippen molar-refractivity contribution >= 4 is 17.5 Å². The molecule has 2 aromatic rings. The minimum Gasteiger partial charge on any atom is -0.311 e. The highest BCUT2D eigenvalue weighted by atomic mass is 35.5. The van der Waals surface area contributed by atoms with Crippen molar-refractivity contribution in [3.63, 3.8) is 0 Å². The minimum atomic E-state index is -0.478. The van der Waals surface area contributed by atoms with Gasteiger partial charge in [-0.1, -0.05) is 17.7 Å². The van der Waals surface area contributed by atoms with Gasteiger partial charge >= 0.3 is 0 Å². The van der Waals surface area contributed by atoms with Crippen LogP contribution in [0.5, 0.6) is 0 Å². The largest absolute Gasteiger partial charge is 0.311 e. The second-order valence-corrected chi connectivity index (χ2v) is 4.34. The maximum atomic E-state index is 12.1. The quantitative estimate of drug-likeness (QED) is 0.880. The number of nitrogens with zero attached hydrogens (tertiary/aromatic N) is 2. The first-order valence-corrected chi connectivity index (χ1v) is 6.34. The van der Waals surface area contributed by atoms with E-state index < -0.39 is 5.91 Å². The summed E-state index contributed by atoms with van der Waals surface area (Å²) < 4.78 is 1.60. The van der Waals surface area contributed by atoms with Gasteiger partial charge in [0.15, 0.2) is 0 Å². The van der Waals surface area contributed by atoms with Crippen molar-refractivity contribution in [2.24, 2.45) is 0 Å². The highest BCUT2D eigenvalue weighted by Crippen LogP contribution is 2.20. The third kappa shape index (κ3) is 2.82. The fourth-order valence-corrected chi connectivity index (χ4v) is 1.97. The molecule has 0 spiro atoms. The van der Waals surface area contributed by atoms with Gasteiger partial charge in [-0.2, -0.15) is 5.26 Å². The number of amides is 1. The number of hydrogen-bond donors (Lipinski definition) is 1. The number of carbonyl (C=O) groups excluding carboxylic acids is 1. The van der Waals surface area contributed by atoms with Gasteiger partial charge in [-0.3, -0.25) is 9.63 Å². The average molecular weight is 290 g/mol. The molecule has 1 aromatic heterocycles. The van der Waals surface area contributed by atoms with Crippen LogP contribution in [0.1, 0.15) is 23.0 Å². The lowest BCUT2D eigenvalue weighted by Crippen LogP contribution is -2.26. The number of nitriles is 1. The summed E-state index contributed by atoms with van der Waals surface area (Å²) in [5.41, 5.74) is 3.46. The molecule has 20 heavy (non-hydrogen) atoms. The molecule has 0 saturated heterocycles. The molecule has 0 saturated carbocycles. The van der Waals surface area contributed by atoms with Gasteiger partial charge in [-0.25, -0.2) is 5.48 Å². The molecular weight excluding hydrogens is 278 g/mol. The molecule has 1 amide bonds. The second kappa shape index (κ2) is 6.24. The summed E-state index contributed by atoms with van der Waals surface area (Å²) in [5.74, 6) is -0.478. The maximum Gasteiger partial charge on any atom is 0.293 e. The molecule has 0 aliphatic carbocycles. The maximum absolute atomic E-state index is 12.1. The van der Waals surface area contributed by atoms with Crippen LogP contribution >= 0.6 is 11.6 Å². The zero-order valence-electron chi connectivity index (χ0n) is 10.8. The zero-order chi connectivity index (χ0) is 14.5. The van der Waals surface area contributed by atoms with Crippen LogP contribution in [0.2, 0.25) is 5.02 Å². The van der Waals surface area contributed by atoms with Crippen LogP contribution in [0, 0.1) is 11.3 Å². The number of benzene rings is 1. The highest BCUT2D eigenvalue weighted by Gasteiger charge is 2.18. The molecule has 1 aromatic carbocycles. The number of hydrogen-bond acceptors (Lipinski definition) is 3. The fraction of sp³-hybridized carbons (Fsp3) is 0.143. The van der Waals surface area contributed by atoms with Gasteiger partial charge in [0, 0.05) is 16.9 Å². The molecule has 0 aliphatic rings. The first kappa shape index (κ1) is 14.1. The molecule has 0 radical (unpaired) electrons. The molecule has 6 heteroatoms. The Morgan fingerprint density at radius 1 is 1.50 bits per heavy atom. The van der Waals surface area contributed by atoms with Crippen molar-refractivity contribution in [3.8, 4) is 11.8 Å². The Kier molecular flexibility index (Phi) is 4.41.